The van der Waals surface area contributed by atoms with Crippen LogP contribution in [0.3, 0.4) is 0 Å². The molecular weight excluding hydrogens is 514 g/mol. The third-order valence-electron chi connectivity index (χ3n) is 9.34. The summed E-state index contributed by atoms with van der Waals surface area (Å²) in [5, 5.41) is 0. The summed E-state index contributed by atoms with van der Waals surface area (Å²) >= 11 is 0. The Morgan fingerprint density at radius 3 is 2.02 bits per heavy atom. The molecule has 4 aromatic carbocycles. The Morgan fingerprint density at radius 1 is 0.571 bits per heavy atom. The molecule has 42 heavy (non-hydrogen) atoms. The first-order valence-corrected chi connectivity index (χ1v) is 15.4. The van der Waals surface area contributed by atoms with E-state index in [-0.39, 0.29) is 0 Å². The number of likely N-dealkylation sites (N-methyl/N-ethyl adjacent to an activating group) is 2. The average Bonchev–Trinajstić information content (AvgIpc) is 3.28. The van der Waals surface area contributed by atoms with E-state index >= 15 is 0 Å². The molecule has 0 amide bonds. The van der Waals surface area contributed by atoms with Gasteiger partial charge in [0.15, 0.2) is 0 Å². The summed E-state index contributed by atoms with van der Waals surface area (Å²) < 4.78 is 0. The van der Waals surface area contributed by atoms with Gasteiger partial charge in [-0.05, 0) is 60.5 Å². The molecule has 0 saturated carbocycles. The van der Waals surface area contributed by atoms with Crippen LogP contribution in [-0.2, 0) is 12.8 Å². The zero-order valence-corrected chi connectivity index (χ0v) is 24.9. The van der Waals surface area contributed by atoms with Crippen molar-refractivity contribution >= 4 is 17.2 Å². The van der Waals surface area contributed by atoms with Gasteiger partial charge in [0.1, 0.15) is 5.84 Å². The Labute approximate surface area is 250 Å². The summed E-state index contributed by atoms with van der Waals surface area (Å²) in [7, 11) is 4.42. The molecule has 0 radical (unpaired) electrons. The highest BCUT2D eigenvalue weighted by Gasteiger charge is 2.32. The van der Waals surface area contributed by atoms with Crippen molar-refractivity contribution in [1.29, 1.82) is 0 Å². The molecule has 4 aliphatic heterocycles. The van der Waals surface area contributed by atoms with E-state index in [1.807, 2.05) is 0 Å². The van der Waals surface area contributed by atoms with Gasteiger partial charge in [-0.2, -0.15) is 0 Å². The van der Waals surface area contributed by atoms with Gasteiger partial charge in [0.25, 0.3) is 0 Å². The van der Waals surface area contributed by atoms with Crippen molar-refractivity contribution in [3.63, 3.8) is 0 Å². The van der Waals surface area contributed by atoms with Crippen LogP contribution in [-0.4, -0.2) is 80.4 Å². The minimum atomic E-state index is 0.494. The van der Waals surface area contributed by atoms with E-state index in [9.17, 15) is 0 Å². The number of hydrogen-bond acceptors (Lipinski definition) is 5. The molecule has 0 N–H and O–H groups in total. The number of para-hydroxylation sites is 2. The van der Waals surface area contributed by atoms with Crippen molar-refractivity contribution in [3.8, 4) is 0 Å². The van der Waals surface area contributed by atoms with Crippen LogP contribution in [0.5, 0.6) is 0 Å². The minimum Gasteiger partial charge on any atom is -0.362 e. The standard InChI is InChI=1S/C19H21N3.C18H20N2/c1-21-10-12-22(13-11-21)19-17-8-4-2-6-15(17)14-16-7-3-5-9-18(16)20-19;1-19-10-11-20-17-9-5-3-7-15(17)12-14-6-2-4-8-16(14)18(20)13-19/h2-9H,10-14H2,1H3;2-9,18H,10-13H2,1H3. The number of piperazine rings is 2. The summed E-state index contributed by atoms with van der Waals surface area (Å²) in [5.41, 5.74) is 11.0. The van der Waals surface area contributed by atoms with Crippen LogP contribution in [0.2, 0.25) is 0 Å². The SMILES string of the molecule is CN1CCN(C2=Nc3ccccc3Cc3ccccc32)CC1.CN1CCN2c3ccccc3Cc3ccccc3C2C1. The van der Waals surface area contributed by atoms with Gasteiger partial charge in [0.2, 0.25) is 0 Å². The normalized spacial score (nSPS) is 19.9. The maximum atomic E-state index is 5.05. The van der Waals surface area contributed by atoms with Crippen molar-refractivity contribution in [2.24, 2.45) is 4.99 Å². The zero-order chi connectivity index (χ0) is 28.5. The molecule has 4 aromatic rings. The zero-order valence-electron chi connectivity index (χ0n) is 24.9. The van der Waals surface area contributed by atoms with Crippen LogP contribution in [0.15, 0.2) is 102 Å². The number of aliphatic imine (C=N–C) groups is 1. The first kappa shape index (κ1) is 26.9. The largest absolute Gasteiger partial charge is 0.362 e. The fourth-order valence-electron chi connectivity index (χ4n) is 6.94. The number of anilines is 1. The molecule has 2 fully saturated rings. The highest BCUT2D eigenvalue weighted by Crippen LogP contribution is 2.38. The van der Waals surface area contributed by atoms with E-state index in [2.05, 4.69) is 131 Å². The molecule has 0 bridgehead atoms. The summed E-state index contributed by atoms with van der Waals surface area (Å²) in [6.45, 7) is 7.67. The second-order valence-electron chi connectivity index (χ2n) is 12.2. The molecule has 1 unspecified atom stereocenters. The lowest BCUT2D eigenvalue weighted by Gasteiger charge is -2.41. The molecular formula is C37H41N5. The maximum Gasteiger partial charge on any atom is 0.136 e. The summed E-state index contributed by atoms with van der Waals surface area (Å²) in [6, 6.07) is 35.6. The monoisotopic (exact) mass is 555 g/mol. The van der Waals surface area contributed by atoms with Crippen LogP contribution in [0.4, 0.5) is 11.4 Å². The molecule has 4 aliphatic rings. The van der Waals surface area contributed by atoms with Crippen LogP contribution in [0.1, 0.15) is 39.4 Å². The summed E-state index contributed by atoms with van der Waals surface area (Å²) in [4.78, 5) is 14.9. The van der Waals surface area contributed by atoms with Crippen molar-refractivity contribution < 1.29 is 0 Å². The van der Waals surface area contributed by atoms with E-state index in [1.54, 1.807) is 0 Å². The third kappa shape index (κ3) is 5.35. The molecule has 8 rings (SSSR count). The van der Waals surface area contributed by atoms with Crippen molar-refractivity contribution in [3.05, 3.63) is 130 Å². The fourth-order valence-corrected chi connectivity index (χ4v) is 6.94. The topological polar surface area (TPSA) is 25.3 Å². The van der Waals surface area contributed by atoms with Gasteiger partial charge in [0.05, 0.1) is 11.7 Å². The van der Waals surface area contributed by atoms with Gasteiger partial charge in [-0.1, -0.05) is 84.9 Å². The van der Waals surface area contributed by atoms with E-state index in [1.165, 1.54) is 39.1 Å². The van der Waals surface area contributed by atoms with E-state index in [0.29, 0.717) is 6.04 Å². The summed E-state index contributed by atoms with van der Waals surface area (Å²) in [6.07, 6.45) is 2.02. The maximum absolute atomic E-state index is 5.05. The smallest absolute Gasteiger partial charge is 0.136 e. The van der Waals surface area contributed by atoms with E-state index in [0.717, 1.165) is 70.2 Å². The first-order chi connectivity index (χ1) is 20.6. The Hall–Kier alpha value is -3.93. The van der Waals surface area contributed by atoms with Crippen LogP contribution >= 0.6 is 0 Å². The number of hydrogen-bond donors (Lipinski definition) is 0. The van der Waals surface area contributed by atoms with Crippen LogP contribution < -0.4 is 4.90 Å². The first-order valence-electron chi connectivity index (χ1n) is 15.4. The lowest BCUT2D eigenvalue weighted by atomic mass is 9.96. The molecule has 4 heterocycles. The predicted octanol–water partition coefficient (Wildman–Crippen LogP) is 6.00. The highest BCUT2D eigenvalue weighted by atomic mass is 15.3. The summed E-state index contributed by atoms with van der Waals surface area (Å²) in [5.74, 6) is 1.15. The molecule has 0 aromatic heterocycles. The van der Waals surface area contributed by atoms with Gasteiger partial charge in [-0.15, -0.1) is 0 Å². The molecule has 2 saturated heterocycles. The second-order valence-corrected chi connectivity index (χ2v) is 12.2. The Bertz CT molecular complexity index is 1580. The number of benzene rings is 4. The Morgan fingerprint density at radius 2 is 1.19 bits per heavy atom. The third-order valence-corrected chi connectivity index (χ3v) is 9.34. The Balaban J connectivity index is 0.000000138. The molecule has 0 spiro atoms. The second kappa shape index (κ2) is 11.7. The van der Waals surface area contributed by atoms with Gasteiger partial charge < -0.3 is 19.6 Å². The van der Waals surface area contributed by atoms with Gasteiger partial charge in [-0.3, -0.25) is 0 Å². The highest BCUT2D eigenvalue weighted by molar-refractivity contribution is 6.02. The van der Waals surface area contributed by atoms with Gasteiger partial charge >= 0.3 is 0 Å². The average molecular weight is 556 g/mol. The minimum absolute atomic E-state index is 0.494. The molecule has 1 atom stereocenters. The van der Waals surface area contributed by atoms with Crippen molar-refractivity contribution in [2.45, 2.75) is 18.9 Å². The van der Waals surface area contributed by atoms with Crippen molar-refractivity contribution in [1.82, 2.24) is 14.7 Å². The van der Waals surface area contributed by atoms with Gasteiger partial charge in [-0.25, -0.2) is 4.99 Å². The lowest BCUT2D eigenvalue weighted by Crippen LogP contribution is -2.47. The molecule has 5 heteroatoms. The van der Waals surface area contributed by atoms with E-state index < -0.39 is 0 Å². The predicted molar refractivity (Wildman–Crippen MR) is 174 cm³/mol. The van der Waals surface area contributed by atoms with Gasteiger partial charge in [0, 0.05) is 63.5 Å². The fraction of sp³-hybridized carbons (Fsp3) is 0.324. The quantitative estimate of drug-likeness (QED) is 0.266. The molecule has 5 nitrogen and oxygen atoms in total. The van der Waals surface area contributed by atoms with Crippen LogP contribution in [0, 0.1) is 0 Å². The molecule has 214 valence electrons. The lowest BCUT2D eigenvalue weighted by molar-refractivity contribution is 0.216. The van der Waals surface area contributed by atoms with Crippen LogP contribution in [0.25, 0.3) is 0 Å². The van der Waals surface area contributed by atoms with Crippen molar-refractivity contribution in [2.75, 3.05) is 64.8 Å². The molecule has 0 aliphatic carbocycles. The number of rotatable bonds is 0. The number of fused-ring (bicyclic) bond motifs is 7. The van der Waals surface area contributed by atoms with E-state index in [4.69, 9.17) is 4.99 Å². The number of nitrogens with zero attached hydrogens (tertiary/aromatic N) is 5. The number of amidine groups is 1. The Kier molecular flexibility index (Phi) is 7.54.